The van der Waals surface area contributed by atoms with Gasteiger partial charge in [-0.3, -0.25) is 15.1 Å². The van der Waals surface area contributed by atoms with E-state index in [2.05, 4.69) is 10.3 Å². The fraction of sp³-hybridized carbons (Fsp3) is 0.0667. The molecule has 0 saturated carbocycles. The van der Waals surface area contributed by atoms with E-state index in [-0.39, 0.29) is 5.69 Å². The van der Waals surface area contributed by atoms with Gasteiger partial charge in [-0.05, 0) is 6.07 Å². The second-order valence-electron chi connectivity index (χ2n) is 4.57. The summed E-state index contributed by atoms with van der Waals surface area (Å²) < 4.78 is 0. The number of benzodiazepines with no additional fused rings is 1. The Morgan fingerprint density at radius 1 is 1.19 bits per heavy atom. The normalized spacial score (nSPS) is 13.7. The molecule has 0 spiro atoms. The monoisotopic (exact) mass is 297 g/mol. The van der Waals surface area contributed by atoms with Gasteiger partial charge in [-0.2, -0.15) is 0 Å². The lowest BCUT2D eigenvalue weighted by Gasteiger charge is -2.10. The van der Waals surface area contributed by atoms with Crippen molar-refractivity contribution >= 4 is 34.3 Å². The number of non-ortho nitro benzene ring substituents is 1. The molecule has 1 N–H and O–H groups in total. The van der Waals surface area contributed by atoms with Gasteiger partial charge in [-0.15, -0.1) is 0 Å². The number of hydrogen-bond donors (Lipinski definition) is 1. The third-order valence-corrected chi connectivity index (χ3v) is 3.40. The van der Waals surface area contributed by atoms with Crippen LogP contribution in [0.3, 0.4) is 0 Å². The molecule has 1 heterocycles. The number of nitro groups is 1. The second kappa shape index (κ2) is 5.41. The topological polar surface area (TPSA) is 67.5 Å². The van der Waals surface area contributed by atoms with Crippen LogP contribution in [0.2, 0.25) is 0 Å². The summed E-state index contributed by atoms with van der Waals surface area (Å²) in [7, 11) is 0. The van der Waals surface area contributed by atoms with Gasteiger partial charge in [0.25, 0.3) is 5.69 Å². The highest BCUT2D eigenvalue weighted by atomic mass is 32.1. The Hall–Kier alpha value is -2.60. The van der Waals surface area contributed by atoms with Crippen molar-refractivity contribution in [2.45, 2.75) is 0 Å². The Morgan fingerprint density at radius 2 is 1.95 bits per heavy atom. The summed E-state index contributed by atoms with van der Waals surface area (Å²) in [5.41, 5.74) is 3.08. The number of rotatable bonds is 2. The van der Waals surface area contributed by atoms with Crippen LogP contribution in [0.5, 0.6) is 0 Å². The lowest BCUT2D eigenvalue weighted by atomic mass is 10.00. The minimum Gasteiger partial charge on any atom is -0.348 e. The molecule has 1 aliphatic heterocycles. The second-order valence-corrected chi connectivity index (χ2v) is 5.06. The number of aliphatic imine (C=N–C) groups is 1. The predicted octanol–water partition coefficient (Wildman–Crippen LogP) is 3.19. The van der Waals surface area contributed by atoms with Crippen LogP contribution in [0, 0.1) is 10.1 Å². The van der Waals surface area contributed by atoms with Crippen LogP contribution < -0.4 is 5.32 Å². The molecule has 0 aromatic heterocycles. The quantitative estimate of drug-likeness (QED) is 0.525. The number of anilines is 1. The first-order valence-electron chi connectivity index (χ1n) is 6.33. The van der Waals surface area contributed by atoms with E-state index in [4.69, 9.17) is 12.2 Å². The van der Waals surface area contributed by atoms with E-state index < -0.39 is 4.92 Å². The van der Waals surface area contributed by atoms with Gasteiger partial charge in [0.15, 0.2) is 0 Å². The van der Waals surface area contributed by atoms with E-state index in [0.717, 1.165) is 11.3 Å². The summed E-state index contributed by atoms with van der Waals surface area (Å²) >= 11 is 5.20. The molecule has 0 bridgehead atoms. The van der Waals surface area contributed by atoms with Crippen molar-refractivity contribution in [2.24, 2.45) is 4.99 Å². The first-order valence-corrected chi connectivity index (χ1v) is 6.74. The largest absolute Gasteiger partial charge is 0.348 e. The van der Waals surface area contributed by atoms with Crippen molar-refractivity contribution in [3.63, 3.8) is 0 Å². The highest BCUT2D eigenvalue weighted by Gasteiger charge is 2.19. The molecule has 104 valence electrons. The van der Waals surface area contributed by atoms with Crippen LogP contribution in [-0.2, 0) is 0 Å². The van der Waals surface area contributed by atoms with E-state index in [0.29, 0.717) is 22.8 Å². The molecule has 2 aromatic rings. The number of nitrogens with one attached hydrogen (secondary N) is 1. The molecule has 0 saturated heterocycles. The number of hydrogen-bond acceptors (Lipinski definition) is 4. The molecule has 0 atom stereocenters. The third kappa shape index (κ3) is 2.66. The van der Waals surface area contributed by atoms with E-state index in [9.17, 15) is 10.1 Å². The van der Waals surface area contributed by atoms with E-state index in [1.54, 1.807) is 6.07 Å². The van der Waals surface area contributed by atoms with Gasteiger partial charge in [0, 0.05) is 28.9 Å². The van der Waals surface area contributed by atoms with Crippen molar-refractivity contribution in [3.05, 3.63) is 69.8 Å². The van der Waals surface area contributed by atoms with Crippen LogP contribution in [0.1, 0.15) is 11.1 Å². The molecule has 3 rings (SSSR count). The molecule has 0 unspecified atom stereocenters. The van der Waals surface area contributed by atoms with Crippen molar-refractivity contribution in [1.82, 2.24) is 0 Å². The summed E-state index contributed by atoms with van der Waals surface area (Å²) in [5.74, 6) is 0. The Balaban J connectivity index is 2.20. The Bertz CT molecular complexity index is 757. The predicted molar refractivity (Wildman–Crippen MR) is 86.3 cm³/mol. The maximum atomic E-state index is 11.0. The zero-order valence-corrected chi connectivity index (χ0v) is 11.8. The summed E-state index contributed by atoms with van der Waals surface area (Å²) in [6.45, 7) is 0.363. The smallest absolute Gasteiger partial charge is 0.270 e. The summed E-state index contributed by atoms with van der Waals surface area (Å²) in [6.07, 6.45) is 0. The third-order valence-electron chi connectivity index (χ3n) is 3.17. The van der Waals surface area contributed by atoms with Crippen molar-refractivity contribution in [1.29, 1.82) is 0 Å². The van der Waals surface area contributed by atoms with Crippen LogP contribution in [0.25, 0.3) is 0 Å². The van der Waals surface area contributed by atoms with Gasteiger partial charge >= 0.3 is 0 Å². The first kappa shape index (κ1) is 13.4. The fourth-order valence-corrected chi connectivity index (χ4v) is 2.39. The summed E-state index contributed by atoms with van der Waals surface area (Å²) in [5, 5.41) is 14.1. The number of nitrogens with zero attached hydrogens (tertiary/aromatic N) is 2. The fourth-order valence-electron chi connectivity index (χ4n) is 2.22. The molecule has 21 heavy (non-hydrogen) atoms. The lowest BCUT2D eigenvalue weighted by molar-refractivity contribution is -0.384. The molecule has 1 aliphatic rings. The van der Waals surface area contributed by atoms with Crippen molar-refractivity contribution in [3.8, 4) is 0 Å². The minimum atomic E-state index is -0.411. The Morgan fingerprint density at radius 3 is 2.67 bits per heavy atom. The SMILES string of the molecule is O=[N+]([O-])c1ccc2c(c1)C(c1ccccc1)=NCC(=S)N2. The molecule has 5 nitrogen and oxygen atoms in total. The number of nitro benzene ring substituents is 1. The zero-order valence-electron chi connectivity index (χ0n) is 10.9. The maximum Gasteiger partial charge on any atom is 0.270 e. The minimum absolute atomic E-state index is 0.0343. The number of fused-ring (bicyclic) bond motifs is 1. The zero-order chi connectivity index (χ0) is 14.8. The van der Waals surface area contributed by atoms with E-state index >= 15 is 0 Å². The van der Waals surface area contributed by atoms with Crippen molar-refractivity contribution < 1.29 is 4.92 Å². The highest BCUT2D eigenvalue weighted by molar-refractivity contribution is 7.80. The average Bonchev–Trinajstić information content (AvgIpc) is 2.65. The lowest BCUT2D eigenvalue weighted by Crippen LogP contribution is -2.11. The van der Waals surface area contributed by atoms with Crippen LogP contribution in [0.4, 0.5) is 11.4 Å². The van der Waals surface area contributed by atoms with Gasteiger partial charge in [-0.25, -0.2) is 0 Å². The van der Waals surface area contributed by atoms with E-state index in [1.165, 1.54) is 12.1 Å². The van der Waals surface area contributed by atoms with Gasteiger partial charge in [0.1, 0.15) is 4.99 Å². The van der Waals surface area contributed by atoms with Gasteiger partial charge in [-0.1, -0.05) is 42.5 Å². The molecule has 0 amide bonds. The standard InChI is InChI=1S/C15H11N3O2S/c19-18(20)11-6-7-13-12(8-11)15(16-9-14(21)17-13)10-4-2-1-3-5-10/h1-8H,9H2,(H,17,21). The Labute approximate surface area is 126 Å². The highest BCUT2D eigenvalue weighted by Crippen LogP contribution is 2.27. The van der Waals surface area contributed by atoms with Gasteiger partial charge in [0.05, 0.1) is 17.2 Å². The summed E-state index contributed by atoms with van der Waals surface area (Å²) in [6, 6.07) is 14.2. The van der Waals surface area contributed by atoms with Gasteiger partial charge in [0.2, 0.25) is 0 Å². The molecule has 6 heteroatoms. The maximum absolute atomic E-state index is 11.0. The van der Waals surface area contributed by atoms with Crippen molar-refractivity contribution in [2.75, 3.05) is 11.9 Å². The Kier molecular flexibility index (Phi) is 3.45. The molecule has 2 aromatic carbocycles. The molecule has 0 aliphatic carbocycles. The average molecular weight is 297 g/mol. The van der Waals surface area contributed by atoms with Crippen LogP contribution >= 0.6 is 12.2 Å². The van der Waals surface area contributed by atoms with Gasteiger partial charge < -0.3 is 5.32 Å². The van der Waals surface area contributed by atoms with E-state index in [1.807, 2.05) is 30.3 Å². The van der Waals surface area contributed by atoms with Crippen LogP contribution in [-0.4, -0.2) is 22.2 Å². The molecular formula is C15H11N3O2S. The summed E-state index contributed by atoms with van der Waals surface area (Å²) in [4.78, 5) is 15.7. The molecule has 0 radical (unpaired) electrons. The first-order chi connectivity index (χ1) is 10.1. The number of benzene rings is 2. The number of thiocarbonyl (C=S) groups is 1. The molecule has 0 fully saturated rings. The van der Waals surface area contributed by atoms with Crippen LogP contribution in [0.15, 0.2) is 53.5 Å². The molecular weight excluding hydrogens is 286 g/mol.